The highest BCUT2D eigenvalue weighted by Crippen LogP contribution is 2.26. The van der Waals surface area contributed by atoms with Gasteiger partial charge in [0.15, 0.2) is 0 Å². The van der Waals surface area contributed by atoms with Gasteiger partial charge in [-0.2, -0.15) is 0 Å². The van der Waals surface area contributed by atoms with Crippen molar-refractivity contribution in [3.63, 3.8) is 0 Å². The molecule has 0 spiro atoms. The van der Waals surface area contributed by atoms with Crippen LogP contribution in [0.15, 0.2) is 10.5 Å². The van der Waals surface area contributed by atoms with Gasteiger partial charge in [0.1, 0.15) is 11.5 Å². The Morgan fingerprint density at radius 3 is 2.64 bits per heavy atom. The van der Waals surface area contributed by atoms with Crippen LogP contribution >= 0.6 is 12.4 Å². The first-order chi connectivity index (χ1) is 6.27. The summed E-state index contributed by atoms with van der Waals surface area (Å²) in [6, 6.07) is 2.62. The van der Waals surface area contributed by atoms with Crippen molar-refractivity contribution >= 4 is 12.4 Å². The summed E-state index contributed by atoms with van der Waals surface area (Å²) < 4.78 is 5.69. The van der Waals surface area contributed by atoms with Crippen molar-refractivity contribution in [3.8, 4) is 0 Å². The van der Waals surface area contributed by atoms with E-state index in [2.05, 4.69) is 18.3 Å². The van der Waals surface area contributed by atoms with E-state index in [1.807, 2.05) is 6.92 Å². The zero-order valence-corrected chi connectivity index (χ0v) is 9.62. The van der Waals surface area contributed by atoms with Crippen molar-refractivity contribution in [3.05, 3.63) is 23.2 Å². The third-order valence-corrected chi connectivity index (χ3v) is 2.84. The molecule has 0 aliphatic carbocycles. The fourth-order valence-electron chi connectivity index (χ4n) is 1.87. The third-order valence-electron chi connectivity index (χ3n) is 2.84. The third kappa shape index (κ3) is 2.31. The molecule has 1 fully saturated rings. The van der Waals surface area contributed by atoms with Crippen molar-refractivity contribution in [2.75, 3.05) is 6.54 Å². The van der Waals surface area contributed by atoms with E-state index in [1.54, 1.807) is 0 Å². The molecule has 0 unspecified atom stereocenters. The van der Waals surface area contributed by atoms with Crippen LogP contribution in [0.1, 0.15) is 42.4 Å². The van der Waals surface area contributed by atoms with Crippen LogP contribution in [0.3, 0.4) is 0 Å². The van der Waals surface area contributed by atoms with Gasteiger partial charge in [-0.25, -0.2) is 0 Å². The number of halogens is 1. The van der Waals surface area contributed by atoms with Crippen LogP contribution in [0.2, 0.25) is 0 Å². The number of piperidine rings is 1. The van der Waals surface area contributed by atoms with Crippen LogP contribution in [0.4, 0.5) is 0 Å². The van der Waals surface area contributed by atoms with Gasteiger partial charge >= 0.3 is 0 Å². The number of rotatable bonds is 1. The van der Waals surface area contributed by atoms with E-state index in [0.29, 0.717) is 6.04 Å². The second kappa shape index (κ2) is 4.85. The van der Waals surface area contributed by atoms with Gasteiger partial charge in [-0.05, 0) is 44.9 Å². The Morgan fingerprint density at radius 2 is 2.14 bits per heavy atom. The van der Waals surface area contributed by atoms with Gasteiger partial charge in [-0.1, -0.05) is 6.42 Å². The van der Waals surface area contributed by atoms with Gasteiger partial charge in [0, 0.05) is 0 Å². The molecule has 80 valence electrons. The summed E-state index contributed by atoms with van der Waals surface area (Å²) in [7, 11) is 0. The average molecular weight is 216 g/mol. The van der Waals surface area contributed by atoms with Gasteiger partial charge in [-0.15, -0.1) is 12.4 Å². The minimum Gasteiger partial charge on any atom is -0.464 e. The molecule has 1 saturated heterocycles. The summed E-state index contributed by atoms with van der Waals surface area (Å²) >= 11 is 0. The Labute approximate surface area is 91.5 Å². The average Bonchev–Trinajstić information content (AvgIpc) is 2.49. The van der Waals surface area contributed by atoms with Gasteiger partial charge in [0.2, 0.25) is 0 Å². The molecule has 1 aromatic heterocycles. The second-order valence-corrected chi connectivity index (χ2v) is 3.89. The zero-order valence-electron chi connectivity index (χ0n) is 8.80. The monoisotopic (exact) mass is 215 g/mol. The molecule has 1 aliphatic rings. The van der Waals surface area contributed by atoms with Crippen LogP contribution in [-0.4, -0.2) is 6.54 Å². The van der Waals surface area contributed by atoms with Crippen LogP contribution in [0, 0.1) is 13.8 Å². The lowest BCUT2D eigenvalue weighted by atomic mass is 10.0. The topological polar surface area (TPSA) is 25.2 Å². The molecular formula is C11H18ClNO. The first-order valence-corrected chi connectivity index (χ1v) is 5.07. The van der Waals surface area contributed by atoms with E-state index in [4.69, 9.17) is 4.42 Å². The fraction of sp³-hybridized carbons (Fsp3) is 0.636. The Bertz CT molecular complexity index is 270. The van der Waals surface area contributed by atoms with E-state index in [9.17, 15) is 0 Å². The molecule has 0 aromatic carbocycles. The van der Waals surface area contributed by atoms with Crippen LogP contribution in [-0.2, 0) is 0 Å². The number of furan rings is 1. The summed E-state index contributed by atoms with van der Waals surface area (Å²) in [5.41, 5.74) is 1.27. The molecule has 0 saturated carbocycles. The van der Waals surface area contributed by atoms with Crippen molar-refractivity contribution in [2.45, 2.75) is 39.2 Å². The number of nitrogens with one attached hydrogen (secondary N) is 1. The number of hydrogen-bond donors (Lipinski definition) is 1. The zero-order chi connectivity index (χ0) is 9.26. The lowest BCUT2D eigenvalue weighted by Crippen LogP contribution is -2.26. The van der Waals surface area contributed by atoms with Crippen LogP contribution in [0.25, 0.3) is 0 Å². The normalized spacial score (nSPS) is 21.7. The van der Waals surface area contributed by atoms with Crippen molar-refractivity contribution in [2.24, 2.45) is 0 Å². The second-order valence-electron chi connectivity index (χ2n) is 3.89. The van der Waals surface area contributed by atoms with E-state index in [-0.39, 0.29) is 12.4 Å². The maximum absolute atomic E-state index is 5.69. The molecule has 0 bridgehead atoms. The first kappa shape index (κ1) is 11.6. The molecule has 0 radical (unpaired) electrons. The maximum atomic E-state index is 5.69. The quantitative estimate of drug-likeness (QED) is 0.779. The molecule has 1 atom stereocenters. The van der Waals surface area contributed by atoms with E-state index >= 15 is 0 Å². The molecule has 2 rings (SSSR count). The standard InChI is InChI=1S/C11H17NO.ClH/c1-8-7-11(13-9(8)2)10-5-3-4-6-12-10;/h7,10,12H,3-6H2,1-2H3;1H/t10-;/m0./s1. The van der Waals surface area contributed by atoms with E-state index in [0.717, 1.165) is 18.1 Å². The first-order valence-electron chi connectivity index (χ1n) is 5.07. The SMILES string of the molecule is Cc1cc([C@@H]2CCCCN2)oc1C.Cl. The van der Waals surface area contributed by atoms with Crippen LogP contribution in [0.5, 0.6) is 0 Å². The largest absolute Gasteiger partial charge is 0.464 e. The van der Waals surface area contributed by atoms with E-state index in [1.165, 1.54) is 24.8 Å². The molecule has 14 heavy (non-hydrogen) atoms. The molecule has 3 heteroatoms. The molecule has 1 aliphatic heterocycles. The predicted molar refractivity (Wildman–Crippen MR) is 60.0 cm³/mol. The smallest absolute Gasteiger partial charge is 0.121 e. The highest BCUT2D eigenvalue weighted by Gasteiger charge is 2.18. The highest BCUT2D eigenvalue weighted by atomic mass is 35.5. The highest BCUT2D eigenvalue weighted by molar-refractivity contribution is 5.85. The van der Waals surface area contributed by atoms with E-state index < -0.39 is 0 Å². The Morgan fingerprint density at radius 1 is 1.36 bits per heavy atom. The molecule has 2 nitrogen and oxygen atoms in total. The molecular weight excluding hydrogens is 198 g/mol. The van der Waals surface area contributed by atoms with Gasteiger partial charge < -0.3 is 9.73 Å². The summed E-state index contributed by atoms with van der Waals surface area (Å²) in [5, 5.41) is 3.48. The van der Waals surface area contributed by atoms with Crippen molar-refractivity contribution in [1.82, 2.24) is 5.32 Å². The molecule has 0 amide bonds. The summed E-state index contributed by atoms with van der Waals surface area (Å²) in [5.74, 6) is 2.18. The fourth-order valence-corrected chi connectivity index (χ4v) is 1.87. The van der Waals surface area contributed by atoms with Gasteiger partial charge in [0.05, 0.1) is 6.04 Å². The summed E-state index contributed by atoms with van der Waals surface area (Å²) in [6.07, 6.45) is 3.83. The minimum atomic E-state index is 0. The van der Waals surface area contributed by atoms with Crippen molar-refractivity contribution in [1.29, 1.82) is 0 Å². The molecule has 1 N–H and O–H groups in total. The van der Waals surface area contributed by atoms with Crippen LogP contribution < -0.4 is 5.32 Å². The lowest BCUT2D eigenvalue weighted by Gasteiger charge is -2.21. The maximum Gasteiger partial charge on any atom is 0.121 e. The molecule has 2 heterocycles. The Hall–Kier alpha value is -0.470. The number of aryl methyl sites for hydroxylation is 2. The Balaban J connectivity index is 0.000000980. The lowest BCUT2D eigenvalue weighted by molar-refractivity contribution is 0.343. The summed E-state index contributed by atoms with van der Waals surface area (Å²) in [4.78, 5) is 0. The molecule has 1 aromatic rings. The van der Waals surface area contributed by atoms with Gasteiger partial charge in [0.25, 0.3) is 0 Å². The number of hydrogen-bond acceptors (Lipinski definition) is 2. The summed E-state index contributed by atoms with van der Waals surface area (Å²) in [6.45, 7) is 5.26. The Kier molecular flexibility index (Phi) is 4.02. The van der Waals surface area contributed by atoms with Crippen molar-refractivity contribution < 1.29 is 4.42 Å². The predicted octanol–water partition coefficient (Wildman–Crippen LogP) is 3.13. The minimum absolute atomic E-state index is 0. The van der Waals surface area contributed by atoms with Gasteiger partial charge in [-0.3, -0.25) is 0 Å².